The SMILES string of the molecule is Cc1ccc(NCC(=O)NNC(=O)CCSc2nc3ccccc3s2)c(C)c1. The molecule has 0 bridgehead atoms. The van der Waals surface area contributed by atoms with Gasteiger partial charge in [0.1, 0.15) is 0 Å². The van der Waals surface area contributed by atoms with Crippen molar-refractivity contribution < 1.29 is 9.59 Å². The van der Waals surface area contributed by atoms with Crippen LogP contribution in [0.1, 0.15) is 17.5 Å². The molecule has 6 nitrogen and oxygen atoms in total. The van der Waals surface area contributed by atoms with Gasteiger partial charge in [0.05, 0.1) is 16.8 Å². The lowest BCUT2D eigenvalue weighted by Gasteiger charge is -2.11. The highest BCUT2D eigenvalue weighted by atomic mass is 32.2. The Morgan fingerprint density at radius 1 is 1.07 bits per heavy atom. The molecule has 1 aromatic heterocycles. The molecule has 0 radical (unpaired) electrons. The Morgan fingerprint density at radius 3 is 2.64 bits per heavy atom. The predicted molar refractivity (Wildman–Crippen MR) is 116 cm³/mol. The standard InChI is InChI=1S/C20H22N4O2S2/c1-13-7-8-15(14(2)11-13)21-12-19(26)24-23-18(25)9-10-27-20-22-16-5-3-4-6-17(16)28-20/h3-8,11,21H,9-10,12H2,1-2H3,(H,23,25)(H,24,26). The van der Waals surface area contributed by atoms with Gasteiger partial charge < -0.3 is 5.32 Å². The molecule has 3 rings (SSSR count). The highest BCUT2D eigenvalue weighted by Gasteiger charge is 2.08. The number of thiazole rings is 1. The molecule has 0 fully saturated rings. The van der Waals surface area contributed by atoms with Gasteiger partial charge in [0.15, 0.2) is 4.34 Å². The van der Waals surface area contributed by atoms with Crippen LogP contribution in [0.3, 0.4) is 0 Å². The highest BCUT2D eigenvalue weighted by molar-refractivity contribution is 8.01. The lowest BCUT2D eigenvalue weighted by atomic mass is 10.1. The molecular formula is C20H22N4O2S2. The van der Waals surface area contributed by atoms with E-state index in [1.165, 1.54) is 5.56 Å². The Morgan fingerprint density at radius 2 is 1.86 bits per heavy atom. The molecule has 0 atom stereocenters. The van der Waals surface area contributed by atoms with Crippen molar-refractivity contribution in [1.29, 1.82) is 0 Å². The van der Waals surface area contributed by atoms with Gasteiger partial charge in [-0.3, -0.25) is 20.4 Å². The summed E-state index contributed by atoms with van der Waals surface area (Å²) in [7, 11) is 0. The van der Waals surface area contributed by atoms with Crippen LogP contribution < -0.4 is 16.2 Å². The number of amides is 2. The van der Waals surface area contributed by atoms with E-state index in [1.54, 1.807) is 23.1 Å². The van der Waals surface area contributed by atoms with Gasteiger partial charge in [-0.2, -0.15) is 0 Å². The van der Waals surface area contributed by atoms with Crippen molar-refractivity contribution in [3.63, 3.8) is 0 Å². The summed E-state index contributed by atoms with van der Waals surface area (Å²) in [5, 5.41) is 3.07. The van der Waals surface area contributed by atoms with Crippen molar-refractivity contribution in [2.75, 3.05) is 17.6 Å². The van der Waals surface area contributed by atoms with Crippen LogP contribution in [-0.2, 0) is 9.59 Å². The summed E-state index contributed by atoms with van der Waals surface area (Å²) in [6, 6.07) is 13.9. The largest absolute Gasteiger partial charge is 0.376 e. The Kier molecular flexibility index (Phi) is 6.89. The third-order valence-electron chi connectivity index (χ3n) is 3.99. The second kappa shape index (κ2) is 9.57. The Balaban J connectivity index is 1.35. The normalized spacial score (nSPS) is 10.6. The predicted octanol–water partition coefficient (Wildman–Crippen LogP) is 3.65. The molecule has 8 heteroatoms. The second-order valence-electron chi connectivity index (χ2n) is 6.31. The van der Waals surface area contributed by atoms with E-state index in [9.17, 15) is 9.59 Å². The van der Waals surface area contributed by atoms with Crippen LogP contribution in [0.25, 0.3) is 10.2 Å². The van der Waals surface area contributed by atoms with Gasteiger partial charge in [-0.15, -0.1) is 11.3 Å². The van der Waals surface area contributed by atoms with Crippen LogP contribution in [0.5, 0.6) is 0 Å². The number of aromatic nitrogens is 1. The fraction of sp³-hybridized carbons (Fsp3) is 0.250. The van der Waals surface area contributed by atoms with Gasteiger partial charge >= 0.3 is 0 Å². The van der Waals surface area contributed by atoms with Crippen LogP contribution in [0.4, 0.5) is 5.69 Å². The van der Waals surface area contributed by atoms with E-state index in [2.05, 4.69) is 21.2 Å². The zero-order valence-corrected chi connectivity index (χ0v) is 17.4. The first-order chi connectivity index (χ1) is 13.5. The summed E-state index contributed by atoms with van der Waals surface area (Å²) in [5.41, 5.74) is 9.00. The number of nitrogens with one attached hydrogen (secondary N) is 3. The number of hydrogen-bond acceptors (Lipinski definition) is 6. The second-order valence-corrected chi connectivity index (χ2v) is 8.69. The molecule has 2 aromatic carbocycles. The maximum atomic E-state index is 11.9. The highest BCUT2D eigenvalue weighted by Crippen LogP contribution is 2.29. The molecule has 0 saturated carbocycles. The van der Waals surface area contributed by atoms with Crippen LogP contribution >= 0.6 is 23.1 Å². The number of hydrazine groups is 1. The molecule has 0 aliphatic carbocycles. The third-order valence-corrected chi connectivity index (χ3v) is 6.17. The third kappa shape index (κ3) is 5.71. The van der Waals surface area contributed by atoms with E-state index in [0.29, 0.717) is 12.2 Å². The van der Waals surface area contributed by atoms with Crippen molar-refractivity contribution in [1.82, 2.24) is 15.8 Å². The lowest BCUT2D eigenvalue weighted by molar-refractivity contribution is -0.127. The fourth-order valence-corrected chi connectivity index (χ4v) is 4.65. The van der Waals surface area contributed by atoms with Crippen LogP contribution in [0.15, 0.2) is 46.8 Å². The number of benzene rings is 2. The van der Waals surface area contributed by atoms with E-state index >= 15 is 0 Å². The quantitative estimate of drug-likeness (QED) is 0.406. The molecule has 3 N–H and O–H groups in total. The number of nitrogens with zero attached hydrogens (tertiary/aromatic N) is 1. The number of thioether (sulfide) groups is 1. The molecule has 0 spiro atoms. The van der Waals surface area contributed by atoms with Crippen molar-refractivity contribution in [3.05, 3.63) is 53.6 Å². The average molecular weight is 415 g/mol. The summed E-state index contributed by atoms with van der Waals surface area (Å²) in [6.45, 7) is 4.09. The topological polar surface area (TPSA) is 83.1 Å². The molecule has 0 saturated heterocycles. The van der Waals surface area contributed by atoms with E-state index in [4.69, 9.17) is 0 Å². The molecular weight excluding hydrogens is 392 g/mol. The van der Waals surface area contributed by atoms with Gasteiger partial charge in [-0.25, -0.2) is 4.98 Å². The van der Waals surface area contributed by atoms with Gasteiger partial charge in [0.2, 0.25) is 5.91 Å². The molecule has 2 amide bonds. The monoisotopic (exact) mass is 414 g/mol. The molecule has 0 aliphatic rings. The maximum absolute atomic E-state index is 11.9. The number of hydrogen-bond donors (Lipinski definition) is 3. The summed E-state index contributed by atoms with van der Waals surface area (Å²) in [6.07, 6.45) is 0.297. The van der Waals surface area contributed by atoms with Gasteiger partial charge in [0, 0.05) is 17.9 Å². The minimum Gasteiger partial charge on any atom is -0.376 e. The van der Waals surface area contributed by atoms with Gasteiger partial charge in [-0.05, 0) is 37.6 Å². The fourth-order valence-electron chi connectivity index (χ4n) is 2.58. The van der Waals surface area contributed by atoms with Crippen molar-refractivity contribution in [2.24, 2.45) is 0 Å². The summed E-state index contributed by atoms with van der Waals surface area (Å²) < 4.78 is 2.08. The molecule has 0 aliphatic heterocycles. The summed E-state index contributed by atoms with van der Waals surface area (Å²) in [4.78, 5) is 28.3. The number of aryl methyl sites for hydroxylation is 2. The molecule has 146 valence electrons. The zero-order chi connectivity index (χ0) is 19.9. The Bertz CT molecular complexity index is 954. The first kappa shape index (κ1) is 20.2. The number of carbonyl (C=O) groups is 2. The van der Waals surface area contributed by atoms with Crippen LogP contribution in [0, 0.1) is 13.8 Å². The average Bonchev–Trinajstić information content (AvgIpc) is 3.08. The van der Waals surface area contributed by atoms with Crippen LogP contribution in [-0.4, -0.2) is 29.1 Å². The molecule has 3 aromatic rings. The number of anilines is 1. The van der Waals surface area contributed by atoms with E-state index in [0.717, 1.165) is 25.8 Å². The summed E-state index contributed by atoms with van der Waals surface area (Å²) >= 11 is 3.16. The minimum atomic E-state index is -0.299. The van der Waals surface area contributed by atoms with Crippen molar-refractivity contribution in [2.45, 2.75) is 24.6 Å². The van der Waals surface area contributed by atoms with E-state index in [1.807, 2.05) is 56.3 Å². The van der Waals surface area contributed by atoms with Gasteiger partial charge in [-0.1, -0.05) is 41.6 Å². The van der Waals surface area contributed by atoms with E-state index in [-0.39, 0.29) is 18.4 Å². The Hall–Kier alpha value is -2.58. The number of rotatable bonds is 7. The maximum Gasteiger partial charge on any atom is 0.257 e. The smallest absolute Gasteiger partial charge is 0.257 e. The molecule has 28 heavy (non-hydrogen) atoms. The number of carbonyl (C=O) groups excluding carboxylic acids is 2. The van der Waals surface area contributed by atoms with Crippen molar-refractivity contribution in [3.8, 4) is 0 Å². The van der Waals surface area contributed by atoms with Gasteiger partial charge in [0.25, 0.3) is 5.91 Å². The molecule has 0 unspecified atom stereocenters. The zero-order valence-electron chi connectivity index (χ0n) is 15.7. The lowest BCUT2D eigenvalue weighted by Crippen LogP contribution is -2.44. The van der Waals surface area contributed by atoms with E-state index < -0.39 is 0 Å². The molecule has 1 heterocycles. The Labute approximate surface area is 172 Å². The van der Waals surface area contributed by atoms with Crippen molar-refractivity contribution >= 4 is 50.8 Å². The number of fused-ring (bicyclic) bond motifs is 1. The first-order valence-electron chi connectivity index (χ1n) is 8.88. The first-order valence-corrected chi connectivity index (χ1v) is 10.7. The minimum absolute atomic E-state index is 0.0879. The number of para-hydroxylation sites is 1. The summed E-state index contributed by atoms with van der Waals surface area (Å²) in [5.74, 6) is 0.0723. The van der Waals surface area contributed by atoms with Crippen LogP contribution in [0.2, 0.25) is 0 Å².